The van der Waals surface area contributed by atoms with Gasteiger partial charge in [0.2, 0.25) is 5.91 Å². The molecule has 0 aromatic heterocycles. The Morgan fingerprint density at radius 1 is 1.70 bits per heavy atom. The summed E-state index contributed by atoms with van der Waals surface area (Å²) in [5.41, 5.74) is 2.65. The third-order valence-electron chi connectivity index (χ3n) is 3.01. The van der Waals surface area contributed by atoms with Gasteiger partial charge in [0, 0.05) is 19.1 Å². The van der Waals surface area contributed by atoms with Crippen LogP contribution in [0.3, 0.4) is 0 Å². The summed E-state index contributed by atoms with van der Waals surface area (Å²) in [4.78, 5) is 24.2. The van der Waals surface area contributed by atoms with Gasteiger partial charge in [0.1, 0.15) is 18.2 Å². The van der Waals surface area contributed by atoms with Crippen molar-refractivity contribution in [3.8, 4) is 5.75 Å². The fourth-order valence-corrected chi connectivity index (χ4v) is 2.33. The van der Waals surface area contributed by atoms with Gasteiger partial charge in [-0.25, -0.2) is 9.18 Å². The molecule has 1 aliphatic rings. The quantitative estimate of drug-likeness (QED) is 0.625. The number of hydrogen-bond donors (Lipinski definition) is 1. The first-order chi connectivity index (χ1) is 10.9. The van der Waals surface area contributed by atoms with Crippen LogP contribution < -0.4 is 15.0 Å². The lowest BCUT2D eigenvalue weighted by Gasteiger charge is -2.17. The molecule has 8 heteroatoms. The summed E-state index contributed by atoms with van der Waals surface area (Å²) in [5, 5.41) is 2.57. The van der Waals surface area contributed by atoms with Crippen LogP contribution in [0.1, 0.15) is 6.92 Å². The summed E-state index contributed by atoms with van der Waals surface area (Å²) in [7, 11) is 0. The van der Waals surface area contributed by atoms with Crippen molar-refractivity contribution in [1.29, 1.82) is 0 Å². The van der Waals surface area contributed by atoms with E-state index < -0.39 is 18.0 Å². The second kappa shape index (κ2) is 7.30. The molecule has 1 aromatic rings. The number of amides is 2. The summed E-state index contributed by atoms with van der Waals surface area (Å²) in [6.07, 6.45) is 0.0229. The van der Waals surface area contributed by atoms with E-state index in [1.54, 1.807) is 0 Å². The van der Waals surface area contributed by atoms with Gasteiger partial charge in [-0.15, -0.1) is 0 Å². The van der Waals surface area contributed by atoms with Crippen LogP contribution >= 0.6 is 15.9 Å². The standard InChI is InChI=1S/C15H14BrFN2O4/c1-3-4-22-14-5-11(16)12(17)6-13(14)19-8-10(23-15(19)21)7-18-9(2)20/h4-6,10H,1,7-8H2,2H3,(H,18,20). The Balaban J connectivity index is 2.26. The molecule has 1 heterocycles. The molecule has 0 spiro atoms. The number of nitrogens with zero attached hydrogens (tertiary/aromatic N) is 1. The van der Waals surface area contributed by atoms with Crippen LogP contribution in [-0.2, 0) is 9.53 Å². The Kier molecular flexibility index (Phi) is 5.41. The number of benzene rings is 1. The lowest BCUT2D eigenvalue weighted by Crippen LogP contribution is -2.33. The van der Waals surface area contributed by atoms with Gasteiger partial charge in [-0.2, -0.15) is 0 Å². The van der Waals surface area contributed by atoms with Crippen LogP contribution in [0.4, 0.5) is 14.9 Å². The summed E-state index contributed by atoms with van der Waals surface area (Å²) in [6, 6.07) is 2.56. The van der Waals surface area contributed by atoms with Gasteiger partial charge < -0.3 is 14.8 Å². The highest BCUT2D eigenvalue weighted by molar-refractivity contribution is 9.10. The molecular weight excluding hydrogens is 371 g/mol. The van der Waals surface area contributed by atoms with E-state index in [2.05, 4.69) is 33.6 Å². The van der Waals surface area contributed by atoms with Crippen molar-refractivity contribution in [3.63, 3.8) is 0 Å². The van der Waals surface area contributed by atoms with Gasteiger partial charge in [-0.05, 0) is 15.9 Å². The predicted octanol–water partition coefficient (Wildman–Crippen LogP) is 2.73. The second-order valence-corrected chi connectivity index (χ2v) is 5.58. The number of carbonyl (C=O) groups excluding carboxylic acids is 2. The van der Waals surface area contributed by atoms with E-state index in [0.29, 0.717) is 0 Å². The zero-order valence-corrected chi connectivity index (χ0v) is 13.9. The minimum absolute atomic E-state index is 0.161. The SMILES string of the molecule is C=C=COc1cc(Br)c(F)cc1N1CC(CNC(C)=O)OC1=O. The monoisotopic (exact) mass is 384 g/mol. The lowest BCUT2D eigenvalue weighted by molar-refractivity contribution is -0.119. The molecule has 2 rings (SSSR count). The minimum Gasteiger partial charge on any atom is -0.455 e. The highest BCUT2D eigenvalue weighted by Gasteiger charge is 2.34. The van der Waals surface area contributed by atoms with Gasteiger partial charge in [0.25, 0.3) is 0 Å². The van der Waals surface area contributed by atoms with Gasteiger partial charge >= 0.3 is 6.09 Å². The van der Waals surface area contributed by atoms with Crippen molar-refractivity contribution < 1.29 is 23.5 Å². The van der Waals surface area contributed by atoms with Crippen LogP contribution in [0.15, 0.2) is 35.2 Å². The highest BCUT2D eigenvalue weighted by Crippen LogP contribution is 2.36. The second-order valence-electron chi connectivity index (χ2n) is 4.73. The van der Waals surface area contributed by atoms with Gasteiger partial charge in [-0.3, -0.25) is 9.69 Å². The molecular formula is C15H14BrFN2O4. The molecule has 2 amide bonds. The number of ether oxygens (including phenoxy) is 2. The van der Waals surface area contributed by atoms with Crippen LogP contribution in [-0.4, -0.2) is 31.2 Å². The van der Waals surface area contributed by atoms with E-state index in [4.69, 9.17) is 9.47 Å². The Morgan fingerprint density at radius 2 is 2.43 bits per heavy atom. The fraction of sp³-hybridized carbons (Fsp3) is 0.267. The number of nitrogens with one attached hydrogen (secondary N) is 1. The molecule has 0 saturated carbocycles. The zero-order chi connectivity index (χ0) is 17.0. The van der Waals surface area contributed by atoms with Crippen molar-refractivity contribution in [2.45, 2.75) is 13.0 Å². The molecule has 0 radical (unpaired) electrons. The van der Waals surface area contributed by atoms with Gasteiger partial charge in [0.05, 0.1) is 23.2 Å². The molecule has 1 aliphatic heterocycles. The summed E-state index contributed by atoms with van der Waals surface area (Å²) in [6.45, 7) is 5.08. The molecule has 6 nitrogen and oxygen atoms in total. The number of rotatable bonds is 5. The lowest BCUT2D eigenvalue weighted by atomic mass is 10.2. The maximum Gasteiger partial charge on any atom is 0.414 e. The topological polar surface area (TPSA) is 67.9 Å². The minimum atomic E-state index is -0.644. The highest BCUT2D eigenvalue weighted by atomic mass is 79.9. The van der Waals surface area contributed by atoms with Crippen LogP contribution in [0.25, 0.3) is 0 Å². The van der Waals surface area contributed by atoms with E-state index in [9.17, 15) is 14.0 Å². The molecule has 122 valence electrons. The molecule has 1 fully saturated rings. The average molecular weight is 385 g/mol. The van der Waals surface area contributed by atoms with E-state index in [1.807, 2.05) is 0 Å². The summed E-state index contributed by atoms with van der Waals surface area (Å²) in [5.74, 6) is -0.533. The molecule has 1 N–H and O–H groups in total. The Morgan fingerprint density at radius 3 is 3.09 bits per heavy atom. The van der Waals surface area contributed by atoms with Crippen LogP contribution in [0.5, 0.6) is 5.75 Å². The Bertz CT molecular complexity index is 688. The Hall–Kier alpha value is -2.31. The Labute approximate surface area is 140 Å². The average Bonchev–Trinajstić information content (AvgIpc) is 2.87. The molecule has 0 bridgehead atoms. The predicted molar refractivity (Wildman–Crippen MR) is 84.7 cm³/mol. The van der Waals surface area contributed by atoms with Crippen molar-refractivity contribution in [1.82, 2.24) is 5.32 Å². The molecule has 1 saturated heterocycles. The molecule has 1 aromatic carbocycles. The number of cyclic esters (lactones) is 1. The van der Waals surface area contributed by atoms with Crippen molar-refractivity contribution in [2.75, 3.05) is 18.0 Å². The maximum absolute atomic E-state index is 13.8. The van der Waals surface area contributed by atoms with Gasteiger partial charge in [-0.1, -0.05) is 12.3 Å². The first kappa shape index (κ1) is 17.1. The largest absolute Gasteiger partial charge is 0.455 e. The van der Waals surface area contributed by atoms with E-state index in [-0.39, 0.29) is 34.9 Å². The fourth-order valence-electron chi connectivity index (χ4n) is 2.01. The maximum atomic E-state index is 13.8. The van der Waals surface area contributed by atoms with Crippen LogP contribution in [0, 0.1) is 5.82 Å². The van der Waals surface area contributed by atoms with Crippen molar-refractivity contribution in [2.24, 2.45) is 0 Å². The van der Waals surface area contributed by atoms with Crippen molar-refractivity contribution in [3.05, 3.63) is 41.0 Å². The molecule has 1 unspecified atom stereocenters. The van der Waals surface area contributed by atoms with E-state index >= 15 is 0 Å². The third kappa shape index (κ3) is 4.12. The molecule has 1 atom stereocenters. The number of halogens is 2. The number of carbonyl (C=O) groups is 2. The molecule has 23 heavy (non-hydrogen) atoms. The first-order valence-electron chi connectivity index (χ1n) is 6.65. The smallest absolute Gasteiger partial charge is 0.414 e. The third-order valence-corrected chi connectivity index (χ3v) is 3.62. The first-order valence-corrected chi connectivity index (χ1v) is 7.44. The van der Waals surface area contributed by atoms with E-state index in [1.165, 1.54) is 30.2 Å². The van der Waals surface area contributed by atoms with Gasteiger partial charge in [0.15, 0.2) is 5.75 Å². The van der Waals surface area contributed by atoms with Crippen LogP contribution in [0.2, 0.25) is 0 Å². The van der Waals surface area contributed by atoms with Crippen molar-refractivity contribution >= 4 is 33.6 Å². The number of hydrogen-bond acceptors (Lipinski definition) is 4. The zero-order valence-electron chi connectivity index (χ0n) is 12.3. The summed E-state index contributed by atoms with van der Waals surface area (Å²) < 4.78 is 24.5. The molecule has 0 aliphatic carbocycles. The summed E-state index contributed by atoms with van der Waals surface area (Å²) >= 11 is 3.06. The van der Waals surface area contributed by atoms with E-state index in [0.717, 1.165) is 0 Å². The number of anilines is 1. The normalized spacial score (nSPS) is 16.6.